The monoisotopic (exact) mass is 385 g/mol. The van der Waals surface area contributed by atoms with Gasteiger partial charge in [0.05, 0.1) is 17.7 Å². The first kappa shape index (κ1) is 18.4. The Morgan fingerprint density at radius 2 is 1.59 bits per heavy atom. The number of carbonyl (C=O) groups excluding carboxylic acids is 1. The van der Waals surface area contributed by atoms with Crippen LogP contribution in [0.3, 0.4) is 0 Å². The van der Waals surface area contributed by atoms with Crippen LogP contribution >= 0.6 is 0 Å². The summed E-state index contributed by atoms with van der Waals surface area (Å²) in [6, 6.07) is 26.3. The summed E-state index contributed by atoms with van der Waals surface area (Å²) >= 11 is 0. The summed E-state index contributed by atoms with van der Waals surface area (Å²) in [5.41, 5.74) is 2.22. The summed E-state index contributed by atoms with van der Waals surface area (Å²) in [5, 5.41) is 6.90. The number of nitrogens with zero attached hydrogens (tertiary/aromatic N) is 2. The molecule has 3 aromatic carbocycles. The van der Waals surface area contributed by atoms with Gasteiger partial charge in [-0.2, -0.15) is 4.98 Å². The lowest BCUT2D eigenvalue weighted by Gasteiger charge is -2.08. The minimum atomic E-state index is -0.115. The Bertz CT molecular complexity index is 1080. The van der Waals surface area contributed by atoms with E-state index >= 15 is 0 Å². The van der Waals surface area contributed by atoms with Crippen molar-refractivity contribution in [3.8, 4) is 17.2 Å². The summed E-state index contributed by atoms with van der Waals surface area (Å²) in [6.45, 7) is 0.191. The fraction of sp³-hybridized carbons (Fsp3) is 0.0870. The number of hydrogen-bond donors (Lipinski definition) is 1. The maximum Gasteiger partial charge on any atom is 0.260 e. The van der Waals surface area contributed by atoms with Crippen LogP contribution in [0.5, 0.6) is 5.75 Å². The summed E-state index contributed by atoms with van der Waals surface area (Å²) in [5.74, 6) is 1.37. The van der Waals surface area contributed by atoms with E-state index in [0.717, 1.165) is 11.3 Å². The highest BCUT2D eigenvalue weighted by molar-refractivity contribution is 5.95. The third-order valence-corrected chi connectivity index (χ3v) is 4.22. The number of anilines is 1. The van der Waals surface area contributed by atoms with E-state index < -0.39 is 0 Å². The number of benzene rings is 3. The van der Waals surface area contributed by atoms with Crippen molar-refractivity contribution in [3.63, 3.8) is 0 Å². The average molecular weight is 385 g/mol. The molecule has 1 N–H and O–H groups in total. The van der Waals surface area contributed by atoms with Gasteiger partial charge in [-0.05, 0) is 29.8 Å². The van der Waals surface area contributed by atoms with Gasteiger partial charge >= 0.3 is 0 Å². The first-order valence-corrected chi connectivity index (χ1v) is 9.21. The summed E-state index contributed by atoms with van der Waals surface area (Å²) in [4.78, 5) is 16.8. The zero-order valence-corrected chi connectivity index (χ0v) is 15.6. The molecule has 4 rings (SSSR count). The molecule has 0 unspecified atom stereocenters. The lowest BCUT2D eigenvalue weighted by Crippen LogP contribution is -2.15. The van der Waals surface area contributed by atoms with Gasteiger partial charge in [0.25, 0.3) is 5.89 Å². The topological polar surface area (TPSA) is 77.2 Å². The first-order chi connectivity index (χ1) is 14.3. The van der Waals surface area contributed by atoms with Gasteiger partial charge in [0, 0.05) is 0 Å². The third-order valence-electron chi connectivity index (χ3n) is 4.22. The molecule has 0 saturated heterocycles. The van der Waals surface area contributed by atoms with Crippen LogP contribution in [0.2, 0.25) is 0 Å². The van der Waals surface area contributed by atoms with Crippen molar-refractivity contribution >= 4 is 11.6 Å². The standard InChI is InChI=1S/C23H19N3O3/c27-22(15-17-9-3-1-4-10-17)24-20-14-8-7-13-19(20)23-25-21(26-29-23)16-28-18-11-5-2-6-12-18/h1-14H,15-16H2,(H,24,27). The molecule has 6 heteroatoms. The van der Waals surface area contributed by atoms with Crippen LogP contribution in [0, 0.1) is 0 Å². The van der Waals surface area contributed by atoms with Crippen LogP contribution in [0.25, 0.3) is 11.5 Å². The molecule has 144 valence electrons. The molecule has 0 atom stereocenters. The molecule has 1 heterocycles. The highest BCUT2D eigenvalue weighted by Gasteiger charge is 2.15. The van der Waals surface area contributed by atoms with E-state index in [9.17, 15) is 4.79 Å². The van der Waals surface area contributed by atoms with Gasteiger partial charge in [-0.25, -0.2) is 0 Å². The second kappa shape index (κ2) is 8.84. The molecule has 0 radical (unpaired) electrons. The maximum atomic E-state index is 12.4. The smallest absolute Gasteiger partial charge is 0.260 e. The van der Waals surface area contributed by atoms with Gasteiger partial charge < -0.3 is 14.6 Å². The molecule has 6 nitrogen and oxygen atoms in total. The minimum Gasteiger partial charge on any atom is -0.485 e. The molecular formula is C23H19N3O3. The lowest BCUT2D eigenvalue weighted by atomic mass is 10.1. The van der Waals surface area contributed by atoms with Gasteiger partial charge in [-0.3, -0.25) is 4.79 Å². The number of aromatic nitrogens is 2. The van der Waals surface area contributed by atoms with Crippen molar-refractivity contribution in [3.05, 3.63) is 96.3 Å². The van der Waals surface area contributed by atoms with E-state index in [1.165, 1.54) is 0 Å². The molecule has 4 aromatic rings. The van der Waals surface area contributed by atoms with Crippen LogP contribution in [0.15, 0.2) is 89.5 Å². The number of rotatable bonds is 7. The number of carbonyl (C=O) groups is 1. The average Bonchev–Trinajstić information content (AvgIpc) is 3.23. The first-order valence-electron chi connectivity index (χ1n) is 9.21. The minimum absolute atomic E-state index is 0.115. The molecule has 0 aliphatic heterocycles. The normalized spacial score (nSPS) is 10.5. The van der Waals surface area contributed by atoms with E-state index in [0.29, 0.717) is 23.0 Å². The fourth-order valence-electron chi connectivity index (χ4n) is 2.84. The Kier molecular flexibility index (Phi) is 5.62. The van der Waals surface area contributed by atoms with Crippen LogP contribution in [0.1, 0.15) is 11.4 Å². The maximum absolute atomic E-state index is 12.4. The van der Waals surface area contributed by atoms with Crippen molar-refractivity contribution in [2.45, 2.75) is 13.0 Å². The van der Waals surface area contributed by atoms with Gasteiger partial charge in [-0.15, -0.1) is 0 Å². The quantitative estimate of drug-likeness (QED) is 0.507. The zero-order valence-electron chi connectivity index (χ0n) is 15.6. The van der Waals surface area contributed by atoms with Crippen LogP contribution in [-0.4, -0.2) is 16.0 Å². The van der Waals surface area contributed by atoms with Crippen molar-refractivity contribution < 1.29 is 14.1 Å². The zero-order chi connectivity index (χ0) is 19.9. The van der Waals surface area contributed by atoms with E-state index in [-0.39, 0.29) is 18.9 Å². The Labute approximate surface area is 168 Å². The molecular weight excluding hydrogens is 366 g/mol. The molecule has 29 heavy (non-hydrogen) atoms. The SMILES string of the molecule is O=C(Cc1ccccc1)Nc1ccccc1-c1nc(COc2ccccc2)no1. The molecule has 1 aromatic heterocycles. The lowest BCUT2D eigenvalue weighted by molar-refractivity contribution is -0.115. The molecule has 0 fully saturated rings. The van der Waals surface area contributed by atoms with Crippen molar-refractivity contribution in [1.29, 1.82) is 0 Å². The third kappa shape index (κ3) is 4.87. The number of ether oxygens (including phenoxy) is 1. The van der Waals surface area contributed by atoms with Crippen molar-refractivity contribution in [1.82, 2.24) is 10.1 Å². The van der Waals surface area contributed by atoms with E-state index in [1.807, 2.05) is 84.9 Å². The molecule has 0 saturated carbocycles. The largest absolute Gasteiger partial charge is 0.485 e. The Balaban J connectivity index is 1.45. The second-order valence-electron chi connectivity index (χ2n) is 6.37. The van der Waals surface area contributed by atoms with Crippen molar-refractivity contribution in [2.75, 3.05) is 5.32 Å². The number of nitrogens with one attached hydrogen (secondary N) is 1. The van der Waals surface area contributed by atoms with Crippen LogP contribution < -0.4 is 10.1 Å². The summed E-state index contributed by atoms with van der Waals surface area (Å²) in [7, 11) is 0. The highest BCUT2D eigenvalue weighted by atomic mass is 16.5. The number of para-hydroxylation sites is 2. The summed E-state index contributed by atoms with van der Waals surface area (Å²) in [6.07, 6.45) is 0.287. The molecule has 0 aliphatic rings. The van der Waals surface area contributed by atoms with Gasteiger partial charge in [0.2, 0.25) is 11.7 Å². The number of hydrogen-bond acceptors (Lipinski definition) is 5. The number of amides is 1. The van der Waals surface area contributed by atoms with E-state index in [4.69, 9.17) is 9.26 Å². The van der Waals surface area contributed by atoms with Gasteiger partial charge in [-0.1, -0.05) is 65.8 Å². The fourth-order valence-corrected chi connectivity index (χ4v) is 2.84. The Morgan fingerprint density at radius 3 is 2.38 bits per heavy atom. The van der Waals surface area contributed by atoms with E-state index in [1.54, 1.807) is 0 Å². The summed E-state index contributed by atoms with van der Waals surface area (Å²) < 4.78 is 11.0. The second-order valence-corrected chi connectivity index (χ2v) is 6.37. The Morgan fingerprint density at radius 1 is 0.897 bits per heavy atom. The molecule has 0 spiro atoms. The van der Waals surface area contributed by atoms with E-state index in [2.05, 4.69) is 15.5 Å². The molecule has 0 aliphatic carbocycles. The highest BCUT2D eigenvalue weighted by Crippen LogP contribution is 2.26. The predicted molar refractivity (Wildman–Crippen MR) is 109 cm³/mol. The molecule has 0 bridgehead atoms. The predicted octanol–water partition coefficient (Wildman–Crippen LogP) is 4.50. The van der Waals surface area contributed by atoms with Gasteiger partial charge in [0.1, 0.15) is 5.75 Å². The van der Waals surface area contributed by atoms with Crippen LogP contribution in [-0.2, 0) is 17.8 Å². The molecule has 1 amide bonds. The van der Waals surface area contributed by atoms with Gasteiger partial charge in [0.15, 0.2) is 6.61 Å². The van der Waals surface area contributed by atoms with Crippen molar-refractivity contribution in [2.24, 2.45) is 0 Å². The van der Waals surface area contributed by atoms with Crippen LogP contribution in [0.4, 0.5) is 5.69 Å². The Hall–Kier alpha value is -3.93.